The number of hydrogen-bond donors (Lipinski definition) is 1. The van der Waals surface area contributed by atoms with E-state index in [0.717, 1.165) is 5.56 Å². The van der Waals surface area contributed by atoms with Crippen molar-refractivity contribution in [2.45, 2.75) is 20.5 Å². The lowest BCUT2D eigenvalue weighted by atomic mass is 10.2. The van der Waals surface area contributed by atoms with Gasteiger partial charge in [0, 0.05) is 0 Å². The highest BCUT2D eigenvalue weighted by molar-refractivity contribution is 5.27. The van der Waals surface area contributed by atoms with E-state index in [1.807, 2.05) is 13.8 Å². The van der Waals surface area contributed by atoms with E-state index in [9.17, 15) is 4.39 Å². The molecule has 1 N–H and O–H groups in total. The zero-order valence-electron chi connectivity index (χ0n) is 8.66. The molecule has 3 heteroatoms. The number of rotatable bonds is 4. The summed E-state index contributed by atoms with van der Waals surface area (Å²) in [6, 6.07) is 6.96. The molecule has 1 aromatic rings. The van der Waals surface area contributed by atoms with E-state index >= 15 is 0 Å². The fraction of sp³-hybridized carbons (Fsp3) is 0.455. The molecule has 1 aromatic carbocycles. The zero-order valence-corrected chi connectivity index (χ0v) is 8.66. The first kappa shape index (κ1) is 12.9. The second kappa shape index (κ2) is 8.51. The molecule has 0 aliphatic carbocycles. The molecule has 0 radical (unpaired) electrons. The summed E-state index contributed by atoms with van der Waals surface area (Å²) >= 11 is 0. The van der Waals surface area contributed by atoms with Gasteiger partial charge in [0.25, 0.3) is 0 Å². The molecule has 2 nitrogen and oxygen atoms in total. The molecule has 0 spiro atoms. The minimum Gasteiger partial charge on any atom is -0.491 e. The van der Waals surface area contributed by atoms with Gasteiger partial charge >= 0.3 is 0 Å². The first-order chi connectivity index (χ1) is 6.86. The molecule has 0 amide bonds. The van der Waals surface area contributed by atoms with Crippen molar-refractivity contribution < 1.29 is 14.2 Å². The molecule has 1 rings (SSSR count). The summed E-state index contributed by atoms with van der Waals surface area (Å²) < 4.78 is 16.7. The van der Waals surface area contributed by atoms with Crippen LogP contribution in [0, 0.1) is 0 Å². The topological polar surface area (TPSA) is 29.5 Å². The molecule has 0 aliphatic rings. The smallest absolute Gasteiger partial charge is 0.123 e. The van der Waals surface area contributed by atoms with E-state index in [-0.39, 0.29) is 13.2 Å². The van der Waals surface area contributed by atoms with Crippen LogP contribution in [-0.4, -0.2) is 18.4 Å². The second-order valence-corrected chi connectivity index (χ2v) is 2.34. The SMILES string of the molecule is CC.OCc1cccc(OCCF)c1. The summed E-state index contributed by atoms with van der Waals surface area (Å²) in [5, 5.41) is 8.76. The highest BCUT2D eigenvalue weighted by Gasteiger charge is 1.94. The van der Waals surface area contributed by atoms with Gasteiger partial charge in [-0.05, 0) is 17.7 Å². The van der Waals surface area contributed by atoms with Crippen molar-refractivity contribution in [2.75, 3.05) is 13.3 Å². The molecule has 0 aliphatic heterocycles. The van der Waals surface area contributed by atoms with Gasteiger partial charge in [-0.3, -0.25) is 0 Å². The van der Waals surface area contributed by atoms with Crippen molar-refractivity contribution in [3.8, 4) is 5.75 Å². The first-order valence-electron chi connectivity index (χ1n) is 4.75. The van der Waals surface area contributed by atoms with Crippen LogP contribution in [0.4, 0.5) is 4.39 Å². The Morgan fingerprint density at radius 2 is 2.07 bits per heavy atom. The number of benzene rings is 1. The molecular weight excluding hydrogens is 183 g/mol. The number of ether oxygens (including phenoxy) is 1. The lowest BCUT2D eigenvalue weighted by Crippen LogP contribution is -1.98. The number of aliphatic hydroxyl groups is 1. The van der Waals surface area contributed by atoms with Gasteiger partial charge in [-0.25, -0.2) is 4.39 Å². The average Bonchev–Trinajstić information content (AvgIpc) is 2.29. The molecule has 80 valence electrons. The predicted octanol–water partition coefficient (Wildman–Crippen LogP) is 2.55. The van der Waals surface area contributed by atoms with Gasteiger partial charge in [-0.2, -0.15) is 0 Å². The van der Waals surface area contributed by atoms with Gasteiger partial charge in [0.1, 0.15) is 19.0 Å². The lowest BCUT2D eigenvalue weighted by Gasteiger charge is -2.03. The molecule has 0 saturated heterocycles. The van der Waals surface area contributed by atoms with Crippen molar-refractivity contribution in [3.05, 3.63) is 29.8 Å². The van der Waals surface area contributed by atoms with Gasteiger partial charge in [-0.1, -0.05) is 26.0 Å². The molecule has 0 atom stereocenters. The third kappa shape index (κ3) is 4.82. The van der Waals surface area contributed by atoms with Crippen LogP contribution < -0.4 is 4.74 Å². The molecule has 0 saturated carbocycles. The van der Waals surface area contributed by atoms with Gasteiger partial charge in [-0.15, -0.1) is 0 Å². The number of alkyl halides is 1. The molecule has 0 aromatic heterocycles. The number of hydrogen-bond acceptors (Lipinski definition) is 2. The van der Waals surface area contributed by atoms with E-state index in [4.69, 9.17) is 9.84 Å². The van der Waals surface area contributed by atoms with Crippen molar-refractivity contribution in [2.24, 2.45) is 0 Å². The summed E-state index contributed by atoms with van der Waals surface area (Å²) in [5.41, 5.74) is 0.770. The lowest BCUT2D eigenvalue weighted by molar-refractivity contribution is 0.267. The van der Waals surface area contributed by atoms with Crippen molar-refractivity contribution in [1.82, 2.24) is 0 Å². The third-order valence-corrected chi connectivity index (χ3v) is 1.43. The molecular formula is C11H17FO2. The minimum atomic E-state index is -0.497. The largest absolute Gasteiger partial charge is 0.491 e. The maximum Gasteiger partial charge on any atom is 0.123 e. The van der Waals surface area contributed by atoms with E-state index < -0.39 is 6.67 Å². The maximum atomic E-state index is 11.7. The van der Waals surface area contributed by atoms with Crippen LogP contribution in [0.1, 0.15) is 19.4 Å². The minimum absolute atomic E-state index is 0.0210. The molecule has 14 heavy (non-hydrogen) atoms. The third-order valence-electron chi connectivity index (χ3n) is 1.43. The summed E-state index contributed by atoms with van der Waals surface area (Å²) in [5.74, 6) is 0.596. The summed E-state index contributed by atoms with van der Waals surface area (Å²) in [6.45, 7) is 3.55. The molecule has 0 bridgehead atoms. The second-order valence-electron chi connectivity index (χ2n) is 2.34. The fourth-order valence-corrected chi connectivity index (χ4v) is 0.890. The van der Waals surface area contributed by atoms with Gasteiger partial charge in [0.05, 0.1) is 6.61 Å². The number of halogens is 1. The quantitative estimate of drug-likeness (QED) is 0.809. The molecule has 0 unspecified atom stereocenters. The highest BCUT2D eigenvalue weighted by atomic mass is 19.1. The Bertz CT molecular complexity index is 238. The Morgan fingerprint density at radius 1 is 1.36 bits per heavy atom. The van der Waals surface area contributed by atoms with Crippen LogP contribution in [-0.2, 0) is 6.61 Å². The normalized spacial score (nSPS) is 8.86. The predicted molar refractivity (Wildman–Crippen MR) is 55.2 cm³/mol. The van der Waals surface area contributed by atoms with E-state index in [2.05, 4.69) is 0 Å². The highest BCUT2D eigenvalue weighted by Crippen LogP contribution is 2.12. The van der Waals surface area contributed by atoms with Crippen molar-refractivity contribution >= 4 is 0 Å². The fourth-order valence-electron chi connectivity index (χ4n) is 0.890. The molecule has 0 fully saturated rings. The van der Waals surface area contributed by atoms with Crippen LogP contribution >= 0.6 is 0 Å². The van der Waals surface area contributed by atoms with Crippen LogP contribution in [0.25, 0.3) is 0 Å². The Kier molecular flexibility index (Phi) is 7.84. The average molecular weight is 200 g/mol. The molecule has 0 heterocycles. The Balaban J connectivity index is 0.000000791. The zero-order chi connectivity index (χ0) is 10.8. The first-order valence-corrected chi connectivity index (χ1v) is 4.75. The van der Waals surface area contributed by atoms with Crippen LogP contribution in [0.5, 0.6) is 5.75 Å². The van der Waals surface area contributed by atoms with Gasteiger partial charge < -0.3 is 9.84 Å². The van der Waals surface area contributed by atoms with E-state index in [1.165, 1.54) is 0 Å². The van der Waals surface area contributed by atoms with Crippen molar-refractivity contribution in [3.63, 3.8) is 0 Å². The van der Waals surface area contributed by atoms with Crippen LogP contribution in [0.3, 0.4) is 0 Å². The Labute approximate surface area is 84.3 Å². The van der Waals surface area contributed by atoms with Crippen LogP contribution in [0.15, 0.2) is 24.3 Å². The Hall–Kier alpha value is -1.09. The van der Waals surface area contributed by atoms with E-state index in [1.54, 1.807) is 24.3 Å². The Morgan fingerprint density at radius 3 is 2.64 bits per heavy atom. The maximum absolute atomic E-state index is 11.7. The standard InChI is InChI=1S/C9H11FO2.C2H6/c10-4-5-12-9-3-1-2-8(6-9)7-11;1-2/h1-3,6,11H,4-5,7H2;1-2H3. The van der Waals surface area contributed by atoms with Crippen LogP contribution in [0.2, 0.25) is 0 Å². The van der Waals surface area contributed by atoms with E-state index in [0.29, 0.717) is 5.75 Å². The van der Waals surface area contributed by atoms with Gasteiger partial charge in [0.2, 0.25) is 0 Å². The summed E-state index contributed by atoms with van der Waals surface area (Å²) in [6.07, 6.45) is 0. The number of aliphatic hydroxyl groups excluding tert-OH is 1. The van der Waals surface area contributed by atoms with Gasteiger partial charge in [0.15, 0.2) is 0 Å². The monoisotopic (exact) mass is 200 g/mol. The summed E-state index contributed by atoms with van der Waals surface area (Å²) in [4.78, 5) is 0. The summed E-state index contributed by atoms with van der Waals surface area (Å²) in [7, 11) is 0. The van der Waals surface area contributed by atoms with Crippen molar-refractivity contribution in [1.29, 1.82) is 0 Å².